The van der Waals surface area contributed by atoms with Crippen LogP contribution in [0.5, 0.6) is 0 Å². The number of amides is 3. The molecule has 1 saturated heterocycles. The van der Waals surface area contributed by atoms with Crippen LogP contribution < -0.4 is 10.6 Å². The van der Waals surface area contributed by atoms with E-state index >= 15 is 0 Å². The van der Waals surface area contributed by atoms with Crippen LogP contribution in [0.25, 0.3) is 0 Å². The summed E-state index contributed by atoms with van der Waals surface area (Å²) in [5.74, 6) is -0.445. The molecule has 0 aromatic carbocycles. The van der Waals surface area contributed by atoms with Gasteiger partial charge in [0.05, 0.1) is 4.88 Å². The Bertz CT molecular complexity index is 540. The summed E-state index contributed by atoms with van der Waals surface area (Å²) < 4.78 is 0. The second-order valence-corrected chi connectivity index (χ2v) is 6.29. The first kappa shape index (κ1) is 15.5. The first-order valence-electron chi connectivity index (χ1n) is 6.83. The summed E-state index contributed by atoms with van der Waals surface area (Å²) in [6.07, 6.45) is 0.188. The van der Waals surface area contributed by atoms with Gasteiger partial charge < -0.3 is 15.5 Å². The van der Waals surface area contributed by atoms with E-state index in [-0.39, 0.29) is 30.7 Å². The molecular formula is C14H19N3O3S. The van der Waals surface area contributed by atoms with E-state index in [4.69, 9.17) is 0 Å². The van der Waals surface area contributed by atoms with Crippen molar-refractivity contribution in [2.45, 2.75) is 25.8 Å². The van der Waals surface area contributed by atoms with Gasteiger partial charge in [0.2, 0.25) is 11.8 Å². The number of piperazine rings is 1. The van der Waals surface area contributed by atoms with Gasteiger partial charge in [0.25, 0.3) is 5.91 Å². The van der Waals surface area contributed by atoms with Gasteiger partial charge in [0.15, 0.2) is 0 Å². The van der Waals surface area contributed by atoms with Crippen molar-refractivity contribution < 1.29 is 14.4 Å². The van der Waals surface area contributed by atoms with Gasteiger partial charge in [0.1, 0.15) is 5.54 Å². The number of carbonyl (C=O) groups excluding carboxylic acids is 3. The average Bonchev–Trinajstić information content (AvgIpc) is 2.95. The maximum atomic E-state index is 12.2. The fraction of sp³-hybridized carbons (Fsp3) is 0.500. The van der Waals surface area contributed by atoms with Crippen molar-refractivity contribution in [2.75, 3.05) is 19.6 Å². The van der Waals surface area contributed by atoms with E-state index in [9.17, 15) is 14.4 Å². The van der Waals surface area contributed by atoms with Gasteiger partial charge in [-0.2, -0.15) is 0 Å². The zero-order chi connectivity index (χ0) is 15.5. The minimum atomic E-state index is -0.840. The van der Waals surface area contributed by atoms with E-state index in [1.807, 2.05) is 5.38 Å². The van der Waals surface area contributed by atoms with Crippen molar-refractivity contribution in [3.8, 4) is 0 Å². The highest BCUT2D eigenvalue weighted by Crippen LogP contribution is 2.18. The molecule has 21 heavy (non-hydrogen) atoms. The summed E-state index contributed by atoms with van der Waals surface area (Å²) in [6, 6.07) is 3.54. The smallest absolute Gasteiger partial charge is 0.261 e. The van der Waals surface area contributed by atoms with Crippen LogP contribution in [-0.4, -0.2) is 47.8 Å². The molecule has 2 N–H and O–H groups in total. The molecule has 0 saturated carbocycles. The van der Waals surface area contributed by atoms with Gasteiger partial charge in [-0.1, -0.05) is 6.07 Å². The van der Waals surface area contributed by atoms with Gasteiger partial charge in [-0.3, -0.25) is 14.4 Å². The second-order valence-electron chi connectivity index (χ2n) is 5.34. The van der Waals surface area contributed by atoms with E-state index in [1.54, 1.807) is 30.9 Å². The Morgan fingerprint density at radius 3 is 2.90 bits per heavy atom. The Kier molecular flexibility index (Phi) is 4.62. The third kappa shape index (κ3) is 3.41. The second kappa shape index (κ2) is 6.26. The van der Waals surface area contributed by atoms with E-state index < -0.39 is 5.54 Å². The van der Waals surface area contributed by atoms with Crippen LogP contribution in [-0.2, 0) is 9.59 Å². The molecule has 2 rings (SSSR count). The van der Waals surface area contributed by atoms with Gasteiger partial charge in [-0.25, -0.2) is 0 Å². The van der Waals surface area contributed by atoms with Gasteiger partial charge in [0, 0.05) is 26.1 Å². The molecule has 0 atom stereocenters. The van der Waals surface area contributed by atoms with Crippen molar-refractivity contribution in [3.63, 3.8) is 0 Å². The molecule has 0 aliphatic carbocycles. The highest BCUT2D eigenvalue weighted by Gasteiger charge is 2.39. The minimum absolute atomic E-state index is 0.124. The van der Waals surface area contributed by atoms with E-state index in [1.165, 1.54) is 11.3 Å². The topological polar surface area (TPSA) is 78.5 Å². The number of hydrogen-bond acceptors (Lipinski definition) is 4. The summed E-state index contributed by atoms with van der Waals surface area (Å²) in [6.45, 7) is 4.68. The zero-order valence-electron chi connectivity index (χ0n) is 12.1. The number of nitrogens with one attached hydrogen (secondary N) is 2. The van der Waals surface area contributed by atoms with Crippen molar-refractivity contribution in [2.24, 2.45) is 0 Å². The lowest BCUT2D eigenvalue weighted by molar-refractivity contribution is -0.149. The van der Waals surface area contributed by atoms with Crippen molar-refractivity contribution >= 4 is 29.1 Å². The van der Waals surface area contributed by atoms with Crippen molar-refractivity contribution in [1.82, 2.24) is 15.5 Å². The largest absolute Gasteiger partial charge is 0.352 e. The lowest BCUT2D eigenvalue weighted by Crippen LogP contribution is -2.63. The first-order chi connectivity index (χ1) is 9.93. The van der Waals surface area contributed by atoms with Crippen LogP contribution in [0, 0.1) is 0 Å². The van der Waals surface area contributed by atoms with Crippen LogP contribution in [0.2, 0.25) is 0 Å². The standard InChI is InChI=1S/C14H19N3O3S/c1-14(2)13(20)16-7-8-17(14)11(18)5-6-15-12(19)10-4-3-9-21-10/h3-4,9H,5-8H2,1-2H3,(H,15,19)(H,16,20). The minimum Gasteiger partial charge on any atom is -0.352 e. The quantitative estimate of drug-likeness (QED) is 0.855. The third-order valence-electron chi connectivity index (χ3n) is 3.52. The fourth-order valence-electron chi connectivity index (χ4n) is 2.25. The number of carbonyl (C=O) groups is 3. The predicted molar refractivity (Wildman–Crippen MR) is 80.1 cm³/mol. The highest BCUT2D eigenvalue weighted by molar-refractivity contribution is 7.12. The van der Waals surface area contributed by atoms with Gasteiger partial charge >= 0.3 is 0 Å². The number of nitrogens with zero attached hydrogens (tertiary/aromatic N) is 1. The first-order valence-corrected chi connectivity index (χ1v) is 7.71. The van der Waals surface area contributed by atoms with Crippen LogP contribution in [0.15, 0.2) is 17.5 Å². The molecule has 0 spiro atoms. The fourth-order valence-corrected chi connectivity index (χ4v) is 2.89. The van der Waals surface area contributed by atoms with Crippen molar-refractivity contribution in [1.29, 1.82) is 0 Å². The molecule has 1 fully saturated rings. The van der Waals surface area contributed by atoms with Gasteiger partial charge in [-0.05, 0) is 25.3 Å². The lowest BCUT2D eigenvalue weighted by Gasteiger charge is -2.41. The molecule has 3 amide bonds. The third-order valence-corrected chi connectivity index (χ3v) is 4.39. The Morgan fingerprint density at radius 1 is 1.48 bits per heavy atom. The molecule has 1 aliphatic heterocycles. The molecule has 1 aromatic rings. The molecule has 1 aromatic heterocycles. The molecule has 1 aliphatic rings. The molecule has 6 nitrogen and oxygen atoms in total. The van der Waals surface area contributed by atoms with E-state index in [2.05, 4.69) is 10.6 Å². The van der Waals surface area contributed by atoms with Crippen LogP contribution in [0.4, 0.5) is 0 Å². The maximum Gasteiger partial charge on any atom is 0.261 e. The molecule has 7 heteroatoms. The molecule has 114 valence electrons. The Labute approximate surface area is 127 Å². The summed E-state index contributed by atoms with van der Waals surface area (Å²) in [7, 11) is 0. The van der Waals surface area contributed by atoms with E-state index in [0.717, 1.165) is 0 Å². The summed E-state index contributed by atoms with van der Waals surface area (Å²) in [5.41, 5.74) is -0.840. The van der Waals surface area contributed by atoms with Crippen LogP contribution >= 0.6 is 11.3 Å². The van der Waals surface area contributed by atoms with Crippen molar-refractivity contribution in [3.05, 3.63) is 22.4 Å². The SMILES string of the molecule is CC1(C)C(=O)NCCN1C(=O)CCNC(=O)c1cccs1. The molecule has 0 unspecified atom stereocenters. The monoisotopic (exact) mass is 309 g/mol. The number of thiophene rings is 1. The molecule has 2 heterocycles. The highest BCUT2D eigenvalue weighted by atomic mass is 32.1. The Morgan fingerprint density at radius 2 is 2.24 bits per heavy atom. The Hall–Kier alpha value is -1.89. The summed E-state index contributed by atoms with van der Waals surface area (Å²) >= 11 is 1.36. The molecule has 0 radical (unpaired) electrons. The predicted octanol–water partition coefficient (Wildman–Crippen LogP) is 0.605. The number of rotatable bonds is 4. The zero-order valence-corrected chi connectivity index (χ0v) is 13.0. The van der Waals surface area contributed by atoms with E-state index in [0.29, 0.717) is 18.0 Å². The van der Waals surface area contributed by atoms with Crippen LogP contribution in [0.1, 0.15) is 29.9 Å². The normalized spacial score (nSPS) is 17.2. The van der Waals surface area contributed by atoms with Gasteiger partial charge in [-0.15, -0.1) is 11.3 Å². The summed E-state index contributed by atoms with van der Waals surface area (Å²) in [5, 5.41) is 7.29. The number of hydrogen-bond donors (Lipinski definition) is 2. The summed E-state index contributed by atoms with van der Waals surface area (Å²) in [4.78, 5) is 38.0. The average molecular weight is 309 g/mol. The van der Waals surface area contributed by atoms with Crippen LogP contribution in [0.3, 0.4) is 0 Å². The lowest BCUT2D eigenvalue weighted by atomic mass is 9.98. The Balaban J connectivity index is 1.84. The molecule has 0 bridgehead atoms. The molecular weight excluding hydrogens is 290 g/mol. The maximum absolute atomic E-state index is 12.2.